The number of morpholine rings is 1. The number of anilines is 2. The molecule has 1 aliphatic carbocycles. The van der Waals surface area contributed by atoms with Gasteiger partial charge in [0.15, 0.2) is 0 Å². The van der Waals surface area contributed by atoms with Crippen LogP contribution in [0.3, 0.4) is 0 Å². The van der Waals surface area contributed by atoms with E-state index in [9.17, 15) is 19.5 Å². The fourth-order valence-corrected chi connectivity index (χ4v) is 5.64. The van der Waals surface area contributed by atoms with Gasteiger partial charge in [-0.2, -0.15) is 0 Å². The zero-order chi connectivity index (χ0) is 27.5. The molecule has 2 heterocycles. The second kappa shape index (κ2) is 11.6. The van der Waals surface area contributed by atoms with E-state index in [0.29, 0.717) is 49.6 Å². The van der Waals surface area contributed by atoms with Crippen molar-refractivity contribution in [3.63, 3.8) is 0 Å². The largest absolute Gasteiger partial charge is 0.389 e. The average Bonchev–Trinajstić information content (AvgIpc) is 3.35. The summed E-state index contributed by atoms with van der Waals surface area (Å²) < 4.78 is 5.42. The van der Waals surface area contributed by atoms with E-state index in [1.165, 1.54) is 0 Å². The van der Waals surface area contributed by atoms with Gasteiger partial charge in [-0.3, -0.25) is 24.7 Å². The molecule has 0 bridgehead atoms. The maximum Gasteiger partial charge on any atom is 0.267 e. The molecule has 1 saturated heterocycles. The van der Waals surface area contributed by atoms with Crippen LogP contribution in [0.25, 0.3) is 0 Å². The fourth-order valence-electron chi connectivity index (χ4n) is 5.48. The van der Waals surface area contributed by atoms with Crippen LogP contribution in [0, 0.1) is 11.8 Å². The number of nitrogens with two attached hydrogens (primary N) is 1. The van der Waals surface area contributed by atoms with Crippen LogP contribution in [0.5, 0.6) is 0 Å². The van der Waals surface area contributed by atoms with Crippen LogP contribution < -0.4 is 26.6 Å². The summed E-state index contributed by atoms with van der Waals surface area (Å²) in [4.78, 5) is 45.3. The van der Waals surface area contributed by atoms with Crippen LogP contribution >= 0.6 is 11.6 Å². The van der Waals surface area contributed by atoms with E-state index in [2.05, 4.69) is 25.8 Å². The lowest BCUT2D eigenvalue weighted by Crippen LogP contribution is -2.66. The summed E-state index contributed by atoms with van der Waals surface area (Å²) in [6.07, 6.45) is 2.06. The summed E-state index contributed by atoms with van der Waals surface area (Å²) in [7, 11) is 0. The number of carbonyl (C=O) groups is 3. The van der Waals surface area contributed by atoms with Gasteiger partial charge in [-0.25, -0.2) is 0 Å². The minimum absolute atomic E-state index is 0.00189. The first-order valence-corrected chi connectivity index (χ1v) is 13.4. The Bertz CT molecular complexity index is 1090. The molecule has 0 spiro atoms. The number of aliphatic hydroxyl groups is 1. The minimum Gasteiger partial charge on any atom is -0.389 e. The molecule has 2 fully saturated rings. The highest BCUT2D eigenvalue weighted by molar-refractivity contribution is 6.47. The Balaban J connectivity index is 1.40. The number of nitrogens with one attached hydrogen (secondary N) is 3. The molecular formula is C26H37ClN6O5. The molecule has 6 N–H and O–H groups in total. The van der Waals surface area contributed by atoms with Crippen LogP contribution in [-0.4, -0.2) is 79.2 Å². The van der Waals surface area contributed by atoms with Crippen molar-refractivity contribution in [1.29, 1.82) is 0 Å². The van der Waals surface area contributed by atoms with Crippen molar-refractivity contribution in [2.75, 3.05) is 49.7 Å². The summed E-state index contributed by atoms with van der Waals surface area (Å²) in [6.45, 7) is 6.09. The van der Waals surface area contributed by atoms with E-state index in [1.54, 1.807) is 19.9 Å². The Kier molecular flexibility index (Phi) is 8.61. The quantitative estimate of drug-likeness (QED) is 0.324. The Hall–Kier alpha value is -2.73. The molecule has 2 aliphatic heterocycles. The van der Waals surface area contributed by atoms with E-state index >= 15 is 0 Å². The molecule has 1 saturated carbocycles. The lowest BCUT2D eigenvalue weighted by atomic mass is 9.69. The summed E-state index contributed by atoms with van der Waals surface area (Å²) in [5.74, 6) is -1.91. The molecule has 11 nitrogen and oxygen atoms in total. The molecule has 3 amide bonds. The number of rotatable bonds is 8. The standard InChI is InChI=1S/C26H37ClN6O5/c1-25(2,37)14-29-23(35)21-26(24(28)36,31-15-30-21)17-5-3-16(4-6-17)22(34)32-20-13-18(7-8-19(20)27)33-9-11-38-12-10-33/h7-8,13,16-17,31,37H,3-6,9-12,14-15H2,1-2H3,(H2,28,36)(H,29,35)(H,32,34). The summed E-state index contributed by atoms with van der Waals surface area (Å²) in [5.41, 5.74) is 4.88. The number of nitrogens with zero attached hydrogens (tertiary/aromatic N) is 2. The summed E-state index contributed by atoms with van der Waals surface area (Å²) in [5, 5.41) is 19.1. The maximum absolute atomic E-state index is 13.2. The lowest BCUT2D eigenvalue weighted by molar-refractivity contribution is -0.126. The topological polar surface area (TPSA) is 158 Å². The number of ether oxygens (including phenoxy) is 1. The van der Waals surface area contributed by atoms with Crippen molar-refractivity contribution >= 4 is 46.4 Å². The Morgan fingerprint density at radius 3 is 2.55 bits per heavy atom. The van der Waals surface area contributed by atoms with E-state index in [-0.39, 0.29) is 36.7 Å². The highest BCUT2D eigenvalue weighted by atomic mass is 35.5. The second-order valence-electron chi connectivity index (χ2n) is 10.8. The molecule has 1 aromatic carbocycles. The van der Waals surface area contributed by atoms with E-state index in [1.807, 2.05) is 12.1 Å². The van der Waals surface area contributed by atoms with Gasteiger partial charge in [0.05, 0.1) is 36.2 Å². The van der Waals surface area contributed by atoms with Crippen LogP contribution in [0.1, 0.15) is 39.5 Å². The van der Waals surface area contributed by atoms with Crippen molar-refractivity contribution < 1.29 is 24.2 Å². The molecule has 12 heteroatoms. The zero-order valence-corrected chi connectivity index (χ0v) is 22.6. The van der Waals surface area contributed by atoms with Gasteiger partial charge in [0.1, 0.15) is 11.3 Å². The van der Waals surface area contributed by atoms with Crippen LogP contribution in [0.15, 0.2) is 23.2 Å². The second-order valence-corrected chi connectivity index (χ2v) is 11.2. The van der Waals surface area contributed by atoms with E-state index in [4.69, 9.17) is 22.1 Å². The third-order valence-electron chi connectivity index (χ3n) is 7.55. The van der Waals surface area contributed by atoms with Gasteiger partial charge in [0.25, 0.3) is 5.91 Å². The van der Waals surface area contributed by atoms with E-state index in [0.717, 1.165) is 18.8 Å². The van der Waals surface area contributed by atoms with Gasteiger partial charge >= 0.3 is 0 Å². The van der Waals surface area contributed by atoms with Gasteiger partial charge in [0.2, 0.25) is 11.8 Å². The number of benzene rings is 1. The summed E-state index contributed by atoms with van der Waals surface area (Å²) >= 11 is 6.40. The van der Waals surface area contributed by atoms with Gasteiger partial charge in [-0.05, 0) is 63.6 Å². The average molecular weight is 549 g/mol. The first-order valence-electron chi connectivity index (χ1n) is 13.0. The van der Waals surface area contributed by atoms with Gasteiger partial charge in [0, 0.05) is 31.2 Å². The van der Waals surface area contributed by atoms with Crippen molar-refractivity contribution in [1.82, 2.24) is 10.6 Å². The van der Waals surface area contributed by atoms with Gasteiger partial charge in [-0.15, -0.1) is 0 Å². The Morgan fingerprint density at radius 2 is 1.92 bits per heavy atom. The molecule has 1 atom stereocenters. The Labute approximate surface area is 227 Å². The number of carbonyl (C=O) groups excluding carboxylic acids is 3. The lowest BCUT2D eigenvalue weighted by Gasteiger charge is -2.39. The van der Waals surface area contributed by atoms with Crippen LogP contribution in [0.4, 0.5) is 11.4 Å². The third kappa shape index (κ3) is 6.12. The zero-order valence-electron chi connectivity index (χ0n) is 21.9. The molecule has 0 radical (unpaired) electrons. The first kappa shape index (κ1) is 28.3. The van der Waals surface area contributed by atoms with Gasteiger partial charge in [-0.1, -0.05) is 11.6 Å². The molecule has 1 unspecified atom stereocenters. The van der Waals surface area contributed by atoms with Crippen molar-refractivity contribution in [2.45, 2.75) is 50.7 Å². The number of hydrogen-bond acceptors (Lipinski definition) is 8. The molecular weight excluding hydrogens is 512 g/mol. The molecule has 4 rings (SSSR count). The predicted octanol–water partition coefficient (Wildman–Crippen LogP) is 1.03. The number of hydrogen-bond donors (Lipinski definition) is 5. The molecule has 0 aromatic heterocycles. The Morgan fingerprint density at radius 1 is 1.24 bits per heavy atom. The number of aliphatic imine (C=N–C) groups is 1. The SMILES string of the molecule is CC(C)(O)CNC(=O)C1=NCNC1(C(N)=O)C1CCC(C(=O)Nc2cc(N3CCOCC3)ccc2Cl)CC1. The predicted molar refractivity (Wildman–Crippen MR) is 145 cm³/mol. The van der Waals surface area contributed by atoms with Crippen molar-refractivity contribution in [2.24, 2.45) is 22.6 Å². The number of halogens is 1. The fraction of sp³-hybridized carbons (Fsp3) is 0.615. The highest BCUT2D eigenvalue weighted by Crippen LogP contribution is 2.39. The van der Waals surface area contributed by atoms with Crippen LogP contribution in [-0.2, 0) is 19.1 Å². The molecule has 38 heavy (non-hydrogen) atoms. The molecule has 3 aliphatic rings. The van der Waals surface area contributed by atoms with E-state index < -0.39 is 23.0 Å². The smallest absolute Gasteiger partial charge is 0.267 e. The van der Waals surface area contributed by atoms with Crippen molar-refractivity contribution in [3.8, 4) is 0 Å². The minimum atomic E-state index is -1.42. The van der Waals surface area contributed by atoms with Gasteiger partial charge < -0.3 is 31.1 Å². The third-order valence-corrected chi connectivity index (χ3v) is 7.88. The van der Waals surface area contributed by atoms with Crippen molar-refractivity contribution in [3.05, 3.63) is 23.2 Å². The highest BCUT2D eigenvalue weighted by Gasteiger charge is 2.54. The summed E-state index contributed by atoms with van der Waals surface area (Å²) in [6, 6.07) is 5.60. The normalized spacial score (nSPS) is 26.0. The monoisotopic (exact) mass is 548 g/mol. The first-order chi connectivity index (χ1) is 18.0. The molecule has 1 aromatic rings. The van der Waals surface area contributed by atoms with Crippen LogP contribution in [0.2, 0.25) is 5.02 Å². The number of primary amides is 1. The number of amides is 3. The maximum atomic E-state index is 13.2. The molecule has 208 valence electrons.